The van der Waals surface area contributed by atoms with Crippen LogP contribution in [0.2, 0.25) is 0 Å². The quantitative estimate of drug-likeness (QED) is 0.811. The fraction of sp³-hybridized carbons (Fsp3) is 1.00. The maximum atomic E-state index is 6.28. The highest BCUT2D eigenvalue weighted by Gasteiger charge is 2.52. The van der Waals surface area contributed by atoms with Crippen molar-refractivity contribution >= 4 is 0 Å². The van der Waals surface area contributed by atoms with E-state index >= 15 is 0 Å². The van der Waals surface area contributed by atoms with E-state index in [-0.39, 0.29) is 5.60 Å². The van der Waals surface area contributed by atoms with Crippen LogP contribution in [-0.2, 0) is 9.47 Å². The molecule has 3 rings (SSSR count). The third-order valence-corrected chi connectivity index (χ3v) is 5.47. The molecular weight excluding hydrogens is 250 g/mol. The normalized spacial score (nSPS) is 40.4. The Balaban J connectivity index is 1.69. The van der Waals surface area contributed by atoms with Crippen molar-refractivity contribution in [2.75, 3.05) is 19.7 Å². The first kappa shape index (κ1) is 14.8. The van der Waals surface area contributed by atoms with Gasteiger partial charge in [-0.25, -0.2) is 0 Å². The summed E-state index contributed by atoms with van der Waals surface area (Å²) in [6.45, 7) is 9.76. The van der Waals surface area contributed by atoms with Gasteiger partial charge in [0.15, 0.2) is 0 Å². The number of nitrogens with one attached hydrogen (secondary N) is 1. The molecule has 3 unspecified atom stereocenters. The first-order valence-electron chi connectivity index (χ1n) is 8.55. The maximum absolute atomic E-state index is 6.28. The molecule has 2 saturated heterocycles. The van der Waals surface area contributed by atoms with Crippen LogP contribution < -0.4 is 5.32 Å². The fourth-order valence-electron chi connectivity index (χ4n) is 4.27. The summed E-state index contributed by atoms with van der Waals surface area (Å²) < 4.78 is 12.4. The molecule has 0 bridgehead atoms. The Morgan fingerprint density at radius 3 is 2.55 bits per heavy atom. The highest BCUT2D eigenvalue weighted by molar-refractivity contribution is 5.02. The second-order valence-electron chi connectivity index (χ2n) is 7.76. The predicted octanol–water partition coefficient (Wildman–Crippen LogP) is 3.13. The molecule has 2 heterocycles. The first-order chi connectivity index (χ1) is 9.55. The molecule has 0 aromatic heterocycles. The van der Waals surface area contributed by atoms with Gasteiger partial charge in [0, 0.05) is 18.6 Å². The minimum Gasteiger partial charge on any atom is -0.377 e. The molecule has 3 aliphatic rings. The lowest BCUT2D eigenvalue weighted by atomic mass is 9.74. The first-order valence-corrected chi connectivity index (χ1v) is 8.55. The summed E-state index contributed by atoms with van der Waals surface area (Å²) in [5, 5.41) is 3.60. The van der Waals surface area contributed by atoms with Crippen LogP contribution in [0.15, 0.2) is 0 Å². The zero-order valence-corrected chi connectivity index (χ0v) is 13.4. The molecule has 116 valence electrons. The molecule has 3 nitrogen and oxygen atoms in total. The van der Waals surface area contributed by atoms with Crippen molar-refractivity contribution in [2.45, 2.75) is 77.1 Å². The Hall–Kier alpha value is -0.120. The molecule has 1 N–H and O–H groups in total. The van der Waals surface area contributed by atoms with Crippen LogP contribution in [0.4, 0.5) is 0 Å². The molecule has 0 aromatic carbocycles. The van der Waals surface area contributed by atoms with Gasteiger partial charge < -0.3 is 14.8 Å². The lowest BCUT2D eigenvalue weighted by Gasteiger charge is -2.37. The summed E-state index contributed by atoms with van der Waals surface area (Å²) in [6, 6.07) is 0. The van der Waals surface area contributed by atoms with E-state index in [1.54, 1.807) is 0 Å². The van der Waals surface area contributed by atoms with Crippen LogP contribution >= 0.6 is 0 Å². The molecule has 3 atom stereocenters. The van der Waals surface area contributed by atoms with E-state index in [4.69, 9.17) is 9.47 Å². The van der Waals surface area contributed by atoms with Crippen LogP contribution in [0.25, 0.3) is 0 Å². The maximum Gasteiger partial charge on any atom is 0.0673 e. The van der Waals surface area contributed by atoms with E-state index in [9.17, 15) is 0 Å². The Kier molecular flexibility index (Phi) is 4.13. The molecule has 0 radical (unpaired) electrons. The highest BCUT2D eigenvalue weighted by atomic mass is 16.5. The molecule has 0 spiro atoms. The van der Waals surface area contributed by atoms with Gasteiger partial charge in [0.05, 0.1) is 17.8 Å². The Labute approximate surface area is 123 Å². The van der Waals surface area contributed by atoms with Crippen molar-refractivity contribution in [1.29, 1.82) is 0 Å². The van der Waals surface area contributed by atoms with E-state index in [1.165, 1.54) is 38.5 Å². The Bertz CT molecular complexity index is 340. The van der Waals surface area contributed by atoms with Crippen molar-refractivity contribution in [3.63, 3.8) is 0 Å². The van der Waals surface area contributed by atoms with Crippen LogP contribution in [0.1, 0.15) is 59.3 Å². The highest BCUT2D eigenvalue weighted by Crippen LogP contribution is 2.51. The van der Waals surface area contributed by atoms with Gasteiger partial charge in [0.25, 0.3) is 0 Å². The average Bonchev–Trinajstić information content (AvgIpc) is 3.07. The zero-order chi connectivity index (χ0) is 14.2. The average molecular weight is 281 g/mol. The van der Waals surface area contributed by atoms with Gasteiger partial charge >= 0.3 is 0 Å². The smallest absolute Gasteiger partial charge is 0.0673 e. The van der Waals surface area contributed by atoms with Crippen LogP contribution in [-0.4, -0.2) is 37.5 Å². The third-order valence-electron chi connectivity index (χ3n) is 5.47. The minimum atomic E-state index is 0.0819. The van der Waals surface area contributed by atoms with Crippen molar-refractivity contribution in [3.05, 3.63) is 0 Å². The number of hydrogen-bond acceptors (Lipinski definition) is 3. The molecule has 1 aliphatic carbocycles. The predicted molar refractivity (Wildman–Crippen MR) is 80.9 cm³/mol. The van der Waals surface area contributed by atoms with Gasteiger partial charge in [-0.3, -0.25) is 0 Å². The minimum absolute atomic E-state index is 0.0819. The topological polar surface area (TPSA) is 30.5 Å². The van der Waals surface area contributed by atoms with Crippen molar-refractivity contribution in [2.24, 2.45) is 11.3 Å². The molecule has 1 saturated carbocycles. The number of hydrogen-bond donors (Lipinski definition) is 1. The van der Waals surface area contributed by atoms with E-state index in [1.807, 2.05) is 0 Å². The van der Waals surface area contributed by atoms with E-state index in [2.05, 4.69) is 26.1 Å². The van der Waals surface area contributed by atoms with E-state index in [0.29, 0.717) is 17.6 Å². The summed E-state index contributed by atoms with van der Waals surface area (Å²) in [4.78, 5) is 0. The Morgan fingerprint density at radius 2 is 1.95 bits per heavy atom. The van der Waals surface area contributed by atoms with Gasteiger partial charge in [-0.15, -0.1) is 0 Å². The largest absolute Gasteiger partial charge is 0.377 e. The van der Waals surface area contributed by atoms with Crippen molar-refractivity contribution < 1.29 is 9.47 Å². The van der Waals surface area contributed by atoms with Crippen LogP contribution in [0.5, 0.6) is 0 Å². The molecule has 3 heteroatoms. The summed E-state index contributed by atoms with van der Waals surface area (Å²) in [7, 11) is 0. The molecule has 20 heavy (non-hydrogen) atoms. The van der Waals surface area contributed by atoms with Crippen molar-refractivity contribution in [3.8, 4) is 0 Å². The lowest BCUT2D eigenvalue weighted by Crippen LogP contribution is -2.44. The molecule has 0 aromatic rings. The van der Waals surface area contributed by atoms with Gasteiger partial charge in [-0.1, -0.05) is 6.92 Å². The summed E-state index contributed by atoms with van der Waals surface area (Å²) in [5.41, 5.74) is 0.404. The van der Waals surface area contributed by atoms with Crippen LogP contribution in [0, 0.1) is 11.3 Å². The van der Waals surface area contributed by atoms with E-state index < -0.39 is 0 Å². The molecule has 3 fully saturated rings. The fourth-order valence-corrected chi connectivity index (χ4v) is 4.27. The third kappa shape index (κ3) is 3.05. The molecular formula is C17H31NO2. The second kappa shape index (κ2) is 5.58. The van der Waals surface area contributed by atoms with Gasteiger partial charge in [-0.2, -0.15) is 0 Å². The summed E-state index contributed by atoms with van der Waals surface area (Å²) >= 11 is 0. The number of ether oxygens (including phenoxy) is 2. The van der Waals surface area contributed by atoms with Crippen LogP contribution in [0.3, 0.4) is 0 Å². The second-order valence-corrected chi connectivity index (χ2v) is 7.76. The monoisotopic (exact) mass is 281 g/mol. The summed E-state index contributed by atoms with van der Waals surface area (Å²) in [6.07, 6.45) is 8.47. The van der Waals surface area contributed by atoms with Gasteiger partial charge in [0.1, 0.15) is 0 Å². The SMILES string of the molecule is CCNCC1(CC2CCC(C)(C)O2)CCOC1C1CC1. The molecule has 0 amide bonds. The van der Waals surface area contributed by atoms with Gasteiger partial charge in [0.2, 0.25) is 0 Å². The van der Waals surface area contributed by atoms with Crippen molar-refractivity contribution in [1.82, 2.24) is 5.32 Å². The molecule has 2 aliphatic heterocycles. The zero-order valence-electron chi connectivity index (χ0n) is 13.4. The Morgan fingerprint density at radius 1 is 1.15 bits per heavy atom. The lowest BCUT2D eigenvalue weighted by molar-refractivity contribution is -0.0524. The standard InChI is InChI=1S/C17H31NO2/c1-4-18-12-17(9-10-19-15(17)13-5-6-13)11-14-7-8-16(2,3)20-14/h13-15,18H,4-12H2,1-3H3. The summed E-state index contributed by atoms with van der Waals surface area (Å²) in [5.74, 6) is 0.825. The van der Waals surface area contributed by atoms with E-state index in [0.717, 1.165) is 25.6 Å². The number of rotatable bonds is 6. The van der Waals surface area contributed by atoms with Gasteiger partial charge in [-0.05, 0) is 64.8 Å².